The lowest BCUT2D eigenvalue weighted by molar-refractivity contribution is -0.118. The van der Waals surface area contributed by atoms with E-state index in [4.69, 9.17) is 5.26 Å². The largest absolute Gasteiger partial charge is 0.353 e. The molecule has 0 spiro atoms. The summed E-state index contributed by atoms with van der Waals surface area (Å²) in [7, 11) is 0. The number of rotatable bonds is 5. The Morgan fingerprint density at radius 3 is 3.18 bits per heavy atom. The topological polar surface area (TPSA) is 65.8 Å². The summed E-state index contributed by atoms with van der Waals surface area (Å²) in [4.78, 5) is 15.3. The zero-order valence-electron chi connectivity index (χ0n) is 9.35. The lowest BCUT2D eigenvalue weighted by atomic mass is 10.2. The maximum Gasteiger partial charge on any atom is 0.230 e. The Morgan fingerprint density at radius 2 is 2.47 bits per heavy atom. The fraction of sp³-hybridized carbons (Fsp3) is 0.417. The number of carbonyl (C=O) groups is 1. The second-order valence-electron chi connectivity index (χ2n) is 4.00. The van der Waals surface area contributed by atoms with E-state index >= 15 is 0 Å². The highest BCUT2D eigenvalue weighted by Gasteiger charge is 2.22. The van der Waals surface area contributed by atoms with Crippen LogP contribution in [0, 0.1) is 11.3 Å². The molecule has 1 amide bonds. The van der Waals surface area contributed by atoms with Gasteiger partial charge in [0.15, 0.2) is 0 Å². The van der Waals surface area contributed by atoms with Gasteiger partial charge in [0.1, 0.15) is 11.8 Å². The predicted molar refractivity (Wildman–Crippen MR) is 66.3 cm³/mol. The van der Waals surface area contributed by atoms with Gasteiger partial charge in [0.2, 0.25) is 5.91 Å². The third kappa shape index (κ3) is 4.08. The quantitative estimate of drug-likeness (QED) is 0.855. The molecule has 1 saturated carbocycles. The van der Waals surface area contributed by atoms with E-state index in [2.05, 4.69) is 10.3 Å². The van der Waals surface area contributed by atoms with Crippen molar-refractivity contribution >= 4 is 17.7 Å². The molecule has 0 saturated heterocycles. The number of nitrogens with zero attached hydrogens (tertiary/aromatic N) is 2. The van der Waals surface area contributed by atoms with Crippen LogP contribution in [0.5, 0.6) is 0 Å². The summed E-state index contributed by atoms with van der Waals surface area (Å²) < 4.78 is 0. The molecule has 2 rings (SSSR count). The number of carbonyl (C=O) groups excluding carboxylic acids is 1. The minimum atomic E-state index is 0.104. The normalized spacial score (nSPS) is 14.1. The molecule has 88 valence electrons. The molecule has 0 aliphatic heterocycles. The predicted octanol–water partition coefficient (Wildman–Crippen LogP) is 1.47. The Hall–Kier alpha value is -1.54. The minimum absolute atomic E-state index is 0.104. The summed E-state index contributed by atoms with van der Waals surface area (Å²) in [5, 5.41) is 11.6. The van der Waals surface area contributed by atoms with Crippen molar-refractivity contribution in [2.75, 3.05) is 5.75 Å². The van der Waals surface area contributed by atoms with Crippen molar-refractivity contribution in [2.45, 2.75) is 24.6 Å². The fourth-order valence-electron chi connectivity index (χ4n) is 1.38. The Bertz CT molecular complexity index is 451. The molecular weight excluding hydrogens is 234 g/mol. The Kier molecular flexibility index (Phi) is 3.99. The van der Waals surface area contributed by atoms with Gasteiger partial charge in [-0.05, 0) is 30.5 Å². The van der Waals surface area contributed by atoms with Crippen LogP contribution in [0.15, 0.2) is 18.3 Å². The molecule has 17 heavy (non-hydrogen) atoms. The maximum atomic E-state index is 11.4. The summed E-state index contributed by atoms with van der Waals surface area (Å²) in [5.74, 6) is 1.31. The summed E-state index contributed by atoms with van der Waals surface area (Å²) in [6.45, 7) is 0. The highest BCUT2D eigenvalue weighted by Crippen LogP contribution is 2.19. The second kappa shape index (κ2) is 5.69. The van der Waals surface area contributed by atoms with E-state index in [1.54, 1.807) is 24.0 Å². The number of hydrogen-bond donors (Lipinski definition) is 1. The summed E-state index contributed by atoms with van der Waals surface area (Å²) in [5.41, 5.74) is 1.45. The van der Waals surface area contributed by atoms with Crippen molar-refractivity contribution in [3.63, 3.8) is 0 Å². The molecule has 0 radical (unpaired) electrons. The van der Waals surface area contributed by atoms with E-state index < -0.39 is 0 Å². The Balaban J connectivity index is 1.73. The molecule has 1 fully saturated rings. The van der Waals surface area contributed by atoms with Crippen molar-refractivity contribution in [3.8, 4) is 6.07 Å². The molecule has 1 aliphatic rings. The van der Waals surface area contributed by atoms with Gasteiger partial charge >= 0.3 is 0 Å². The Morgan fingerprint density at radius 1 is 1.65 bits per heavy atom. The molecule has 0 bridgehead atoms. The lowest BCUT2D eigenvalue weighted by Crippen LogP contribution is -2.27. The first-order valence-corrected chi connectivity index (χ1v) is 6.65. The van der Waals surface area contributed by atoms with E-state index in [1.165, 1.54) is 0 Å². The molecule has 1 N–H and O–H groups in total. The summed E-state index contributed by atoms with van der Waals surface area (Å²) >= 11 is 1.55. The van der Waals surface area contributed by atoms with Gasteiger partial charge in [0, 0.05) is 18.0 Å². The van der Waals surface area contributed by atoms with Gasteiger partial charge in [-0.25, -0.2) is 4.98 Å². The van der Waals surface area contributed by atoms with Crippen LogP contribution in [0.1, 0.15) is 24.1 Å². The van der Waals surface area contributed by atoms with Gasteiger partial charge in [-0.1, -0.05) is 0 Å². The van der Waals surface area contributed by atoms with Crippen molar-refractivity contribution < 1.29 is 4.79 Å². The SMILES string of the molecule is N#Cc1cc(CSCC(=O)NC2CC2)ccn1. The third-order valence-electron chi connectivity index (χ3n) is 2.38. The van der Waals surface area contributed by atoms with E-state index in [-0.39, 0.29) is 5.91 Å². The zero-order chi connectivity index (χ0) is 12.1. The molecule has 0 aromatic carbocycles. The molecule has 0 atom stereocenters. The molecule has 1 aromatic rings. The highest BCUT2D eigenvalue weighted by molar-refractivity contribution is 7.99. The zero-order valence-corrected chi connectivity index (χ0v) is 10.2. The Labute approximate surface area is 104 Å². The van der Waals surface area contributed by atoms with Crippen LogP contribution in [0.2, 0.25) is 0 Å². The van der Waals surface area contributed by atoms with Crippen LogP contribution in [0.25, 0.3) is 0 Å². The number of amides is 1. The van der Waals surface area contributed by atoms with E-state index in [1.807, 2.05) is 12.1 Å². The average molecular weight is 247 g/mol. The van der Waals surface area contributed by atoms with Gasteiger partial charge in [0.25, 0.3) is 0 Å². The van der Waals surface area contributed by atoms with Gasteiger partial charge in [-0.3, -0.25) is 4.79 Å². The molecule has 5 heteroatoms. The van der Waals surface area contributed by atoms with Crippen LogP contribution in [0.4, 0.5) is 0 Å². The molecule has 1 aromatic heterocycles. The average Bonchev–Trinajstić information content (AvgIpc) is 3.13. The van der Waals surface area contributed by atoms with Crippen LogP contribution >= 0.6 is 11.8 Å². The first-order valence-electron chi connectivity index (χ1n) is 5.50. The monoisotopic (exact) mass is 247 g/mol. The van der Waals surface area contributed by atoms with Gasteiger partial charge in [0.05, 0.1) is 5.75 Å². The molecule has 1 aliphatic carbocycles. The standard InChI is InChI=1S/C12H13N3OS/c13-6-11-5-9(3-4-14-11)7-17-8-12(16)15-10-1-2-10/h3-5,10H,1-2,7-8H2,(H,15,16). The number of aromatic nitrogens is 1. The maximum absolute atomic E-state index is 11.4. The van der Waals surface area contributed by atoms with Crippen LogP contribution < -0.4 is 5.32 Å². The number of nitrogens with one attached hydrogen (secondary N) is 1. The first kappa shape index (κ1) is 11.9. The first-order chi connectivity index (χ1) is 8.28. The third-order valence-corrected chi connectivity index (χ3v) is 3.39. The van der Waals surface area contributed by atoms with Crippen molar-refractivity contribution in [1.29, 1.82) is 5.26 Å². The van der Waals surface area contributed by atoms with Crippen molar-refractivity contribution in [3.05, 3.63) is 29.6 Å². The number of pyridine rings is 1. The van der Waals surface area contributed by atoms with Crippen molar-refractivity contribution in [1.82, 2.24) is 10.3 Å². The van der Waals surface area contributed by atoms with Gasteiger partial charge in [-0.15, -0.1) is 11.8 Å². The van der Waals surface area contributed by atoms with Gasteiger partial charge in [-0.2, -0.15) is 5.26 Å². The molecular formula is C12H13N3OS. The second-order valence-corrected chi connectivity index (χ2v) is 4.98. The lowest BCUT2D eigenvalue weighted by Gasteiger charge is -2.03. The van der Waals surface area contributed by atoms with Crippen LogP contribution in [-0.4, -0.2) is 22.7 Å². The number of nitriles is 1. The molecule has 4 nitrogen and oxygen atoms in total. The highest BCUT2D eigenvalue weighted by atomic mass is 32.2. The van der Waals surface area contributed by atoms with Crippen LogP contribution in [0.3, 0.4) is 0 Å². The molecule has 1 heterocycles. The molecule has 0 unspecified atom stereocenters. The summed E-state index contributed by atoms with van der Waals surface area (Å²) in [6.07, 6.45) is 3.86. The van der Waals surface area contributed by atoms with Crippen LogP contribution in [-0.2, 0) is 10.5 Å². The minimum Gasteiger partial charge on any atom is -0.353 e. The van der Waals surface area contributed by atoms with E-state index in [0.717, 1.165) is 24.2 Å². The van der Waals surface area contributed by atoms with Gasteiger partial charge < -0.3 is 5.32 Å². The smallest absolute Gasteiger partial charge is 0.230 e. The number of hydrogen-bond acceptors (Lipinski definition) is 4. The van der Waals surface area contributed by atoms with E-state index in [9.17, 15) is 4.79 Å². The summed E-state index contributed by atoms with van der Waals surface area (Å²) in [6, 6.07) is 6.05. The van der Waals surface area contributed by atoms with E-state index in [0.29, 0.717) is 17.5 Å². The van der Waals surface area contributed by atoms with Crippen molar-refractivity contribution in [2.24, 2.45) is 0 Å². The fourth-order valence-corrected chi connectivity index (χ4v) is 2.17. The number of thioether (sulfide) groups is 1.